The van der Waals surface area contributed by atoms with Gasteiger partial charge in [-0.1, -0.05) is 43.7 Å². The summed E-state index contributed by atoms with van der Waals surface area (Å²) in [5.74, 6) is -1.14. The molecule has 4 heteroatoms. The number of carboxylic acid groups (broad SMARTS) is 1. The zero-order valence-corrected chi connectivity index (χ0v) is 13.1. The third-order valence-corrected chi connectivity index (χ3v) is 3.41. The van der Waals surface area contributed by atoms with Crippen LogP contribution < -0.4 is 5.32 Å². The molecule has 0 saturated heterocycles. The highest BCUT2D eigenvalue weighted by Crippen LogP contribution is 2.11. The molecule has 21 heavy (non-hydrogen) atoms. The number of carboxylic acids is 1. The SMILES string of the molecule is Cc1ccc(CCC(=O)NCC(CC(C)C)C(=O)O)cc1. The van der Waals surface area contributed by atoms with E-state index in [2.05, 4.69) is 5.32 Å². The van der Waals surface area contributed by atoms with Gasteiger partial charge in [-0.3, -0.25) is 9.59 Å². The van der Waals surface area contributed by atoms with Gasteiger partial charge in [0.15, 0.2) is 0 Å². The molecule has 116 valence electrons. The van der Waals surface area contributed by atoms with Crippen molar-refractivity contribution in [3.63, 3.8) is 0 Å². The van der Waals surface area contributed by atoms with Crippen LogP contribution in [0, 0.1) is 18.8 Å². The van der Waals surface area contributed by atoms with Gasteiger partial charge in [-0.15, -0.1) is 0 Å². The van der Waals surface area contributed by atoms with Crippen molar-refractivity contribution >= 4 is 11.9 Å². The van der Waals surface area contributed by atoms with Gasteiger partial charge in [-0.2, -0.15) is 0 Å². The van der Waals surface area contributed by atoms with Crippen LogP contribution in [0.1, 0.15) is 37.8 Å². The highest BCUT2D eigenvalue weighted by atomic mass is 16.4. The summed E-state index contributed by atoms with van der Waals surface area (Å²) in [7, 11) is 0. The number of amides is 1. The number of hydrogen-bond acceptors (Lipinski definition) is 2. The molecule has 0 aromatic heterocycles. The Balaban J connectivity index is 2.35. The van der Waals surface area contributed by atoms with Crippen molar-refractivity contribution in [1.29, 1.82) is 0 Å². The second-order valence-corrected chi connectivity index (χ2v) is 5.95. The third-order valence-electron chi connectivity index (χ3n) is 3.41. The van der Waals surface area contributed by atoms with Crippen molar-refractivity contribution in [2.75, 3.05) is 6.54 Å². The zero-order chi connectivity index (χ0) is 15.8. The number of nitrogens with one attached hydrogen (secondary N) is 1. The average Bonchev–Trinajstić information content (AvgIpc) is 2.42. The predicted octanol–water partition coefficient (Wildman–Crippen LogP) is 2.79. The van der Waals surface area contributed by atoms with Crippen LogP contribution in [0.25, 0.3) is 0 Å². The monoisotopic (exact) mass is 291 g/mol. The number of rotatable bonds is 8. The van der Waals surface area contributed by atoms with Crippen LogP contribution in [0.4, 0.5) is 0 Å². The van der Waals surface area contributed by atoms with Gasteiger partial charge in [-0.05, 0) is 31.2 Å². The Labute approximate surface area is 126 Å². The molecular formula is C17H25NO3. The van der Waals surface area contributed by atoms with Crippen LogP contribution in [0.5, 0.6) is 0 Å². The summed E-state index contributed by atoms with van der Waals surface area (Å²) in [5, 5.41) is 11.8. The smallest absolute Gasteiger partial charge is 0.308 e. The first-order valence-electron chi connectivity index (χ1n) is 7.43. The highest BCUT2D eigenvalue weighted by molar-refractivity contribution is 5.77. The van der Waals surface area contributed by atoms with Crippen molar-refractivity contribution in [3.05, 3.63) is 35.4 Å². The zero-order valence-electron chi connectivity index (χ0n) is 13.1. The number of aryl methyl sites for hydroxylation is 2. The molecular weight excluding hydrogens is 266 g/mol. The van der Waals surface area contributed by atoms with Gasteiger partial charge in [0.1, 0.15) is 0 Å². The molecule has 0 aliphatic rings. The van der Waals surface area contributed by atoms with E-state index in [4.69, 9.17) is 5.11 Å². The summed E-state index contributed by atoms with van der Waals surface area (Å²) in [6, 6.07) is 8.08. The van der Waals surface area contributed by atoms with E-state index in [9.17, 15) is 9.59 Å². The fourth-order valence-corrected chi connectivity index (χ4v) is 2.18. The first-order valence-corrected chi connectivity index (χ1v) is 7.43. The molecule has 0 aliphatic heterocycles. The molecule has 1 aromatic rings. The molecule has 4 nitrogen and oxygen atoms in total. The van der Waals surface area contributed by atoms with E-state index in [1.165, 1.54) is 5.56 Å². The number of carbonyl (C=O) groups is 2. The molecule has 0 heterocycles. The van der Waals surface area contributed by atoms with Crippen molar-refractivity contribution in [1.82, 2.24) is 5.32 Å². The minimum absolute atomic E-state index is 0.0921. The lowest BCUT2D eigenvalue weighted by molar-refractivity contribution is -0.142. The van der Waals surface area contributed by atoms with E-state index in [-0.39, 0.29) is 12.5 Å². The molecule has 0 fully saturated rings. The largest absolute Gasteiger partial charge is 0.481 e. The summed E-state index contributed by atoms with van der Waals surface area (Å²) in [5.41, 5.74) is 2.31. The lowest BCUT2D eigenvalue weighted by atomic mass is 9.97. The Morgan fingerprint density at radius 1 is 1.19 bits per heavy atom. The van der Waals surface area contributed by atoms with Gasteiger partial charge in [0.2, 0.25) is 5.91 Å². The van der Waals surface area contributed by atoms with E-state index in [0.717, 1.165) is 5.56 Å². The maximum atomic E-state index is 11.8. The number of hydrogen-bond donors (Lipinski definition) is 2. The Hall–Kier alpha value is -1.84. The number of benzene rings is 1. The van der Waals surface area contributed by atoms with Crippen molar-refractivity contribution in [2.45, 2.75) is 40.0 Å². The lowest BCUT2D eigenvalue weighted by Crippen LogP contribution is -2.33. The first-order chi connectivity index (χ1) is 9.88. The van der Waals surface area contributed by atoms with Crippen molar-refractivity contribution in [2.24, 2.45) is 11.8 Å². The summed E-state index contributed by atoms with van der Waals surface area (Å²) < 4.78 is 0. The summed E-state index contributed by atoms with van der Waals surface area (Å²) in [6.07, 6.45) is 1.64. The van der Waals surface area contributed by atoms with Gasteiger partial charge < -0.3 is 10.4 Å². The molecule has 1 atom stereocenters. The van der Waals surface area contributed by atoms with Crippen LogP contribution >= 0.6 is 0 Å². The second-order valence-electron chi connectivity index (χ2n) is 5.95. The summed E-state index contributed by atoms with van der Waals surface area (Å²) >= 11 is 0. The maximum absolute atomic E-state index is 11.8. The van der Waals surface area contributed by atoms with Crippen LogP contribution in [-0.2, 0) is 16.0 Å². The van der Waals surface area contributed by atoms with Crippen LogP contribution in [0.3, 0.4) is 0 Å². The minimum atomic E-state index is -0.845. The molecule has 0 radical (unpaired) electrons. The first kappa shape index (κ1) is 17.2. The van der Waals surface area contributed by atoms with Crippen LogP contribution in [0.15, 0.2) is 24.3 Å². The van der Waals surface area contributed by atoms with E-state index in [0.29, 0.717) is 25.2 Å². The Kier molecular flexibility index (Phi) is 6.92. The van der Waals surface area contributed by atoms with E-state index < -0.39 is 11.9 Å². The molecule has 1 aromatic carbocycles. The average molecular weight is 291 g/mol. The molecule has 0 bridgehead atoms. The highest BCUT2D eigenvalue weighted by Gasteiger charge is 2.19. The quantitative estimate of drug-likeness (QED) is 0.774. The second kappa shape index (κ2) is 8.45. The molecule has 0 spiro atoms. The number of aliphatic carboxylic acids is 1. The normalized spacial score (nSPS) is 12.2. The predicted molar refractivity (Wildman–Crippen MR) is 83.1 cm³/mol. The van der Waals surface area contributed by atoms with Gasteiger partial charge in [-0.25, -0.2) is 0 Å². The molecule has 1 amide bonds. The third kappa shape index (κ3) is 6.93. The Bertz CT molecular complexity index is 465. The maximum Gasteiger partial charge on any atom is 0.308 e. The van der Waals surface area contributed by atoms with Gasteiger partial charge >= 0.3 is 5.97 Å². The van der Waals surface area contributed by atoms with Crippen LogP contribution in [0.2, 0.25) is 0 Å². The molecule has 1 unspecified atom stereocenters. The van der Waals surface area contributed by atoms with Gasteiger partial charge in [0.05, 0.1) is 5.92 Å². The lowest BCUT2D eigenvalue weighted by Gasteiger charge is -2.15. The Morgan fingerprint density at radius 2 is 1.81 bits per heavy atom. The molecule has 0 aliphatic carbocycles. The number of carbonyl (C=O) groups excluding carboxylic acids is 1. The molecule has 1 rings (SSSR count). The minimum Gasteiger partial charge on any atom is -0.481 e. The summed E-state index contributed by atoms with van der Waals surface area (Å²) in [4.78, 5) is 22.9. The molecule has 2 N–H and O–H groups in total. The van der Waals surface area contributed by atoms with Gasteiger partial charge in [0.25, 0.3) is 0 Å². The van der Waals surface area contributed by atoms with Gasteiger partial charge in [0, 0.05) is 13.0 Å². The fourth-order valence-electron chi connectivity index (χ4n) is 2.18. The molecule has 0 saturated carbocycles. The van der Waals surface area contributed by atoms with E-state index in [1.807, 2.05) is 45.0 Å². The topological polar surface area (TPSA) is 66.4 Å². The fraction of sp³-hybridized carbons (Fsp3) is 0.529. The van der Waals surface area contributed by atoms with Crippen molar-refractivity contribution < 1.29 is 14.7 Å². The van der Waals surface area contributed by atoms with Crippen molar-refractivity contribution in [3.8, 4) is 0 Å². The summed E-state index contributed by atoms with van der Waals surface area (Å²) in [6.45, 7) is 6.20. The Morgan fingerprint density at radius 3 is 2.33 bits per heavy atom. The standard InChI is InChI=1S/C17H25NO3/c1-12(2)10-15(17(20)21)11-18-16(19)9-8-14-6-4-13(3)5-7-14/h4-7,12,15H,8-11H2,1-3H3,(H,18,19)(H,20,21). The van der Waals surface area contributed by atoms with E-state index >= 15 is 0 Å². The van der Waals surface area contributed by atoms with E-state index in [1.54, 1.807) is 0 Å². The van der Waals surface area contributed by atoms with Crippen LogP contribution in [-0.4, -0.2) is 23.5 Å².